The number of hydrogen-bond donors (Lipinski definition) is 3. The van der Waals surface area contributed by atoms with Gasteiger partial charge in [0.05, 0.1) is 11.2 Å². The molecule has 3 aromatic heterocycles. The van der Waals surface area contributed by atoms with Crippen LogP contribution < -0.4 is 16.2 Å². The molecule has 342 valence electrons. The molecule has 2 saturated carbocycles. The van der Waals surface area contributed by atoms with Crippen LogP contribution in [0.15, 0.2) is 47.5 Å². The topological polar surface area (TPSA) is 183 Å². The molecule has 4 aliphatic heterocycles. The lowest BCUT2D eigenvalue weighted by Gasteiger charge is -2.44. The Kier molecular flexibility index (Phi) is 11.9. The van der Waals surface area contributed by atoms with Gasteiger partial charge in [0.15, 0.2) is 5.78 Å². The van der Waals surface area contributed by atoms with Gasteiger partial charge in [0.25, 0.3) is 11.5 Å². The highest BCUT2D eigenvalue weighted by atomic mass is 16.3. The Morgan fingerprint density at radius 1 is 0.877 bits per heavy atom. The molecule has 3 amide bonds. The molecular formula is C50H61N9O6. The zero-order valence-electron chi connectivity index (χ0n) is 37.7. The van der Waals surface area contributed by atoms with Crippen LogP contribution in [0.4, 0.5) is 11.8 Å². The van der Waals surface area contributed by atoms with Crippen molar-refractivity contribution in [3.8, 4) is 0 Å². The van der Waals surface area contributed by atoms with Gasteiger partial charge in [-0.25, -0.2) is 9.97 Å². The van der Waals surface area contributed by atoms with Crippen LogP contribution in [-0.2, 0) is 21.7 Å². The van der Waals surface area contributed by atoms with Gasteiger partial charge in [0.2, 0.25) is 17.8 Å². The summed E-state index contributed by atoms with van der Waals surface area (Å²) in [5, 5.41) is 18.2. The van der Waals surface area contributed by atoms with Crippen molar-refractivity contribution in [2.24, 2.45) is 5.92 Å². The number of aromatic nitrogens is 4. The van der Waals surface area contributed by atoms with Crippen molar-refractivity contribution in [3.05, 3.63) is 86.5 Å². The van der Waals surface area contributed by atoms with E-state index in [1.54, 1.807) is 28.7 Å². The second-order valence-corrected chi connectivity index (χ2v) is 19.8. The maximum Gasteiger partial charge on any atom is 0.263 e. The Morgan fingerprint density at radius 2 is 1.63 bits per heavy atom. The average molecular weight is 884 g/mol. The summed E-state index contributed by atoms with van der Waals surface area (Å²) >= 11 is 0. The smallest absolute Gasteiger partial charge is 0.263 e. The Labute approximate surface area is 379 Å². The molecule has 1 atom stereocenters. The highest BCUT2D eigenvalue weighted by Crippen LogP contribution is 2.40. The summed E-state index contributed by atoms with van der Waals surface area (Å²) in [6.45, 7) is 8.57. The molecule has 10 rings (SSSR count). The van der Waals surface area contributed by atoms with Gasteiger partial charge in [0.1, 0.15) is 17.5 Å². The number of benzene rings is 1. The third kappa shape index (κ3) is 8.51. The van der Waals surface area contributed by atoms with Crippen molar-refractivity contribution in [2.75, 3.05) is 38.0 Å². The molecule has 2 aliphatic carbocycles. The van der Waals surface area contributed by atoms with Gasteiger partial charge < -0.3 is 25.1 Å². The monoisotopic (exact) mass is 883 g/mol. The number of carbonyl (C=O) groups excluding carboxylic acids is 4. The zero-order valence-corrected chi connectivity index (χ0v) is 37.7. The lowest BCUT2D eigenvalue weighted by Crippen LogP contribution is -2.52. The first-order valence-electron chi connectivity index (χ1n) is 24.0. The first-order valence-corrected chi connectivity index (χ1v) is 24.0. The highest BCUT2D eigenvalue weighted by molar-refractivity contribution is 6.05. The van der Waals surface area contributed by atoms with Crippen LogP contribution >= 0.6 is 0 Å². The summed E-state index contributed by atoms with van der Waals surface area (Å²) in [5.41, 5.74) is 3.70. The molecule has 4 aromatic rings. The number of nitrogens with zero attached hydrogens (tertiary/aromatic N) is 7. The Balaban J connectivity index is 0.680. The van der Waals surface area contributed by atoms with Crippen molar-refractivity contribution in [1.82, 2.24) is 39.5 Å². The molecule has 15 heteroatoms. The number of aryl methyl sites for hydroxylation is 1. The third-order valence-electron chi connectivity index (χ3n) is 15.9. The van der Waals surface area contributed by atoms with Gasteiger partial charge in [-0.3, -0.25) is 33.9 Å². The van der Waals surface area contributed by atoms with E-state index >= 15 is 0 Å². The number of piperidine rings is 3. The van der Waals surface area contributed by atoms with Gasteiger partial charge in [-0.15, -0.1) is 0 Å². The van der Waals surface area contributed by atoms with E-state index in [-0.39, 0.29) is 41.2 Å². The van der Waals surface area contributed by atoms with E-state index in [4.69, 9.17) is 9.97 Å². The van der Waals surface area contributed by atoms with Crippen LogP contribution in [0.1, 0.15) is 152 Å². The van der Waals surface area contributed by atoms with Gasteiger partial charge in [0, 0.05) is 68.0 Å². The minimum absolute atomic E-state index is 0.0214. The number of imide groups is 1. The number of hydrogen-bond acceptors (Lipinski definition) is 12. The predicted molar refractivity (Wildman–Crippen MR) is 245 cm³/mol. The number of amides is 3. The summed E-state index contributed by atoms with van der Waals surface area (Å²) in [5.74, 6) is 1.05. The first-order chi connectivity index (χ1) is 31.4. The Morgan fingerprint density at radius 3 is 2.32 bits per heavy atom. The largest absolute Gasteiger partial charge is 0.385 e. The van der Waals surface area contributed by atoms with Crippen molar-refractivity contribution in [1.29, 1.82) is 0 Å². The van der Waals surface area contributed by atoms with E-state index < -0.39 is 17.6 Å². The first kappa shape index (κ1) is 43.5. The SMILES string of the molecule is CC(=O)c1c(C)c2cnc(Nc3ccc(C4CCN(CC5CCC(N6CCC(O)(c7ccc8c(c7)CN(C7CCC(=O)NC7=O)C8=O)CC6)CC5)CC4)cn3)nc2n(C2CCCC2)c1=O. The van der Waals surface area contributed by atoms with Crippen LogP contribution in [-0.4, -0.2) is 108 Å². The summed E-state index contributed by atoms with van der Waals surface area (Å²) in [4.78, 5) is 84.5. The Hall–Kier alpha value is -5.38. The fraction of sp³-hybridized carbons (Fsp3) is 0.560. The Bertz CT molecular complexity index is 2560. The van der Waals surface area contributed by atoms with Gasteiger partial charge >= 0.3 is 0 Å². The van der Waals surface area contributed by atoms with Crippen LogP contribution in [0.2, 0.25) is 0 Å². The maximum atomic E-state index is 13.6. The molecule has 15 nitrogen and oxygen atoms in total. The number of carbonyl (C=O) groups is 4. The minimum Gasteiger partial charge on any atom is -0.385 e. The van der Waals surface area contributed by atoms with Crippen LogP contribution in [0, 0.1) is 12.8 Å². The molecular weight excluding hydrogens is 823 g/mol. The van der Waals surface area contributed by atoms with E-state index in [9.17, 15) is 29.1 Å². The fourth-order valence-corrected chi connectivity index (χ4v) is 12.1. The van der Waals surface area contributed by atoms with Gasteiger partial charge in [-0.1, -0.05) is 31.0 Å². The maximum absolute atomic E-state index is 13.6. The molecule has 3 saturated heterocycles. The van der Waals surface area contributed by atoms with Crippen molar-refractivity contribution in [3.63, 3.8) is 0 Å². The molecule has 0 radical (unpaired) electrons. The van der Waals surface area contributed by atoms with E-state index in [2.05, 4.69) is 31.5 Å². The summed E-state index contributed by atoms with van der Waals surface area (Å²) in [7, 11) is 0. The number of rotatable bonds is 10. The molecule has 1 unspecified atom stereocenters. The lowest BCUT2D eigenvalue weighted by molar-refractivity contribution is -0.136. The highest BCUT2D eigenvalue weighted by Gasteiger charge is 2.42. The molecule has 1 aromatic carbocycles. The number of likely N-dealkylation sites (tertiary alicyclic amines) is 2. The fourth-order valence-electron chi connectivity index (χ4n) is 12.1. The number of pyridine rings is 2. The number of ketones is 1. The predicted octanol–water partition coefficient (Wildman–Crippen LogP) is 6.04. The number of fused-ring (bicyclic) bond motifs is 2. The van der Waals surface area contributed by atoms with Crippen LogP contribution in [0.5, 0.6) is 0 Å². The lowest BCUT2D eigenvalue weighted by atomic mass is 9.80. The second-order valence-electron chi connectivity index (χ2n) is 19.8. The van der Waals surface area contributed by atoms with Gasteiger partial charge in [-0.2, -0.15) is 4.98 Å². The summed E-state index contributed by atoms with van der Waals surface area (Å²) < 4.78 is 1.73. The molecule has 7 heterocycles. The van der Waals surface area contributed by atoms with Crippen molar-refractivity contribution >= 4 is 46.3 Å². The van der Waals surface area contributed by atoms with E-state index in [0.29, 0.717) is 72.2 Å². The van der Waals surface area contributed by atoms with Gasteiger partial charge in [-0.05, 0) is 144 Å². The normalized spacial score (nSPS) is 24.7. The van der Waals surface area contributed by atoms with E-state index in [0.717, 1.165) is 87.8 Å². The number of anilines is 2. The molecule has 5 fully saturated rings. The molecule has 3 N–H and O–H groups in total. The standard InChI is InChI=1S/C50H61N9O6/c1-30-40-27-52-49(55-45(40)59(38-5-3-4-6-38)48(64)44(30)31(2)60)53-42-15-9-34(26-51-42)33-17-21-56(22-18-33)28-32-7-11-37(12-8-32)57-23-19-50(65,20-24-57)36-10-13-39-35(25-36)29-58(47(39)63)41-14-16-43(61)54-46(41)62/h9-10,13,15,25-27,32-33,37-38,41,65H,3-8,11-12,14,16-24,28-29H2,1-2H3,(H,54,61,62)(H,51,52,53,55). The van der Waals surface area contributed by atoms with Crippen molar-refractivity contribution < 1.29 is 24.3 Å². The van der Waals surface area contributed by atoms with E-state index in [1.807, 2.05) is 24.4 Å². The zero-order chi connectivity index (χ0) is 45.0. The van der Waals surface area contributed by atoms with E-state index in [1.165, 1.54) is 38.2 Å². The summed E-state index contributed by atoms with van der Waals surface area (Å²) in [6, 6.07) is 9.71. The molecule has 0 spiro atoms. The van der Waals surface area contributed by atoms with Crippen LogP contribution in [0.3, 0.4) is 0 Å². The minimum atomic E-state index is -0.950. The molecule has 0 bridgehead atoms. The summed E-state index contributed by atoms with van der Waals surface area (Å²) in [6.07, 6.45) is 16.5. The molecule has 6 aliphatic rings. The third-order valence-corrected chi connectivity index (χ3v) is 15.9. The number of Topliss-reactive ketones (excluding diaryl/α,β-unsaturated/α-hetero) is 1. The molecule has 65 heavy (non-hydrogen) atoms. The second kappa shape index (κ2) is 17.8. The number of aliphatic hydroxyl groups is 1. The quantitative estimate of drug-likeness (QED) is 0.124. The number of nitrogens with one attached hydrogen (secondary N) is 2. The van der Waals surface area contributed by atoms with Crippen molar-refractivity contribution in [2.45, 2.75) is 140 Å². The average Bonchev–Trinajstić information content (AvgIpc) is 3.95. The van der Waals surface area contributed by atoms with Crippen LogP contribution in [0.25, 0.3) is 11.0 Å².